The minimum Gasteiger partial charge on any atom is -0.469 e. The molecular formula is C11H19NO2. The fourth-order valence-corrected chi connectivity index (χ4v) is 3.47. The Bertz CT molecular complexity index is 242. The van der Waals surface area contributed by atoms with Crippen molar-refractivity contribution in [2.45, 2.75) is 38.5 Å². The molecule has 0 saturated heterocycles. The van der Waals surface area contributed by atoms with E-state index in [1.54, 1.807) is 0 Å². The molecule has 2 N–H and O–H groups in total. The molecule has 0 unspecified atom stereocenters. The van der Waals surface area contributed by atoms with E-state index in [4.69, 9.17) is 10.5 Å². The summed E-state index contributed by atoms with van der Waals surface area (Å²) in [4.78, 5) is 11.7. The normalized spacial score (nSPS) is 40.1. The van der Waals surface area contributed by atoms with Crippen LogP contribution in [-0.2, 0) is 9.53 Å². The molecule has 2 aliphatic rings. The Morgan fingerprint density at radius 1 is 1.36 bits per heavy atom. The Morgan fingerprint density at radius 2 is 2.00 bits per heavy atom. The Balaban J connectivity index is 2.12. The second-order valence-electron chi connectivity index (χ2n) is 4.99. The largest absolute Gasteiger partial charge is 0.469 e. The van der Waals surface area contributed by atoms with Crippen LogP contribution in [-0.4, -0.2) is 19.6 Å². The van der Waals surface area contributed by atoms with Crippen molar-refractivity contribution in [1.82, 2.24) is 0 Å². The topological polar surface area (TPSA) is 52.3 Å². The standard InChI is InChI=1S/C11H19NO2/c1-14-9(13)11-4-2-10(8-11,3-5-11)6-7-12/h2-8,12H2,1H3. The molecule has 0 heterocycles. The molecule has 0 aromatic rings. The first-order valence-corrected chi connectivity index (χ1v) is 5.45. The molecule has 0 atom stereocenters. The number of rotatable bonds is 3. The average Bonchev–Trinajstić information content (AvgIpc) is 2.74. The van der Waals surface area contributed by atoms with Gasteiger partial charge >= 0.3 is 5.97 Å². The average molecular weight is 197 g/mol. The Morgan fingerprint density at radius 3 is 2.50 bits per heavy atom. The van der Waals surface area contributed by atoms with Gasteiger partial charge in [-0.25, -0.2) is 0 Å². The molecule has 80 valence electrons. The summed E-state index contributed by atoms with van der Waals surface area (Å²) in [7, 11) is 1.50. The zero-order valence-corrected chi connectivity index (χ0v) is 8.84. The monoisotopic (exact) mass is 197 g/mol. The van der Waals surface area contributed by atoms with E-state index in [0.29, 0.717) is 5.41 Å². The first-order valence-electron chi connectivity index (χ1n) is 5.45. The highest BCUT2D eigenvalue weighted by molar-refractivity contribution is 5.77. The van der Waals surface area contributed by atoms with Crippen LogP contribution in [0.25, 0.3) is 0 Å². The van der Waals surface area contributed by atoms with Crippen molar-refractivity contribution >= 4 is 5.97 Å². The predicted octanol–water partition coefficient (Wildman–Crippen LogP) is 1.46. The number of carbonyl (C=O) groups is 1. The lowest BCUT2D eigenvalue weighted by molar-refractivity contribution is -0.152. The van der Waals surface area contributed by atoms with Gasteiger partial charge in [0.25, 0.3) is 0 Å². The van der Waals surface area contributed by atoms with Crippen molar-refractivity contribution in [2.75, 3.05) is 13.7 Å². The SMILES string of the molecule is COC(=O)C12CCC(CCN)(CC1)C2. The maximum absolute atomic E-state index is 11.7. The first-order chi connectivity index (χ1) is 6.66. The molecule has 2 saturated carbocycles. The molecule has 2 rings (SSSR count). The van der Waals surface area contributed by atoms with Gasteiger partial charge in [0.15, 0.2) is 0 Å². The summed E-state index contributed by atoms with van der Waals surface area (Å²) in [6.45, 7) is 0.747. The summed E-state index contributed by atoms with van der Waals surface area (Å²) >= 11 is 0. The zero-order valence-electron chi connectivity index (χ0n) is 8.84. The van der Waals surface area contributed by atoms with Crippen molar-refractivity contribution in [3.8, 4) is 0 Å². The van der Waals surface area contributed by atoms with Gasteiger partial charge in [-0.05, 0) is 50.5 Å². The van der Waals surface area contributed by atoms with E-state index >= 15 is 0 Å². The highest BCUT2D eigenvalue weighted by Crippen LogP contribution is 2.63. The summed E-state index contributed by atoms with van der Waals surface area (Å²) in [5, 5.41) is 0. The molecule has 0 amide bonds. The van der Waals surface area contributed by atoms with E-state index in [1.807, 2.05) is 0 Å². The van der Waals surface area contributed by atoms with Gasteiger partial charge in [0.2, 0.25) is 0 Å². The zero-order chi connectivity index (χ0) is 10.2. The van der Waals surface area contributed by atoms with Gasteiger partial charge < -0.3 is 10.5 Å². The van der Waals surface area contributed by atoms with Crippen molar-refractivity contribution in [2.24, 2.45) is 16.6 Å². The number of methoxy groups -OCH3 is 1. The molecule has 0 spiro atoms. The number of nitrogens with two attached hydrogens (primary N) is 1. The maximum Gasteiger partial charge on any atom is 0.311 e. The van der Waals surface area contributed by atoms with E-state index in [2.05, 4.69) is 0 Å². The van der Waals surface area contributed by atoms with Crippen LogP contribution < -0.4 is 5.73 Å². The van der Waals surface area contributed by atoms with E-state index < -0.39 is 0 Å². The molecule has 2 bridgehead atoms. The number of fused-ring (bicyclic) bond motifs is 2. The summed E-state index contributed by atoms with van der Waals surface area (Å²) in [5.74, 6) is 0.00824. The smallest absolute Gasteiger partial charge is 0.311 e. The lowest BCUT2D eigenvalue weighted by Gasteiger charge is -2.26. The predicted molar refractivity (Wildman–Crippen MR) is 53.6 cm³/mol. The Labute approximate surface area is 85.0 Å². The number of ether oxygens (including phenoxy) is 1. The van der Waals surface area contributed by atoms with Crippen molar-refractivity contribution in [3.05, 3.63) is 0 Å². The van der Waals surface area contributed by atoms with Crippen LogP contribution in [0, 0.1) is 10.8 Å². The molecule has 14 heavy (non-hydrogen) atoms. The van der Waals surface area contributed by atoms with Gasteiger partial charge in [0.05, 0.1) is 12.5 Å². The van der Waals surface area contributed by atoms with Gasteiger partial charge in [-0.15, -0.1) is 0 Å². The molecular weight excluding hydrogens is 178 g/mol. The molecule has 0 aliphatic heterocycles. The summed E-state index contributed by atoms with van der Waals surface area (Å²) in [5.41, 5.74) is 5.87. The van der Waals surface area contributed by atoms with Gasteiger partial charge in [-0.2, -0.15) is 0 Å². The Kier molecular flexibility index (Phi) is 2.30. The van der Waals surface area contributed by atoms with Crippen molar-refractivity contribution in [1.29, 1.82) is 0 Å². The minimum absolute atomic E-state index is 0.00824. The number of esters is 1. The van der Waals surface area contributed by atoms with Crippen LogP contribution in [0.5, 0.6) is 0 Å². The third-order valence-electron chi connectivity index (χ3n) is 4.27. The molecule has 3 nitrogen and oxygen atoms in total. The second kappa shape index (κ2) is 3.23. The van der Waals surface area contributed by atoms with E-state index in [0.717, 1.165) is 32.2 Å². The van der Waals surface area contributed by atoms with Gasteiger partial charge in [0, 0.05) is 0 Å². The lowest BCUT2D eigenvalue weighted by atomic mass is 9.80. The molecule has 0 aromatic carbocycles. The molecule has 2 fully saturated rings. The molecule has 3 heteroatoms. The van der Waals surface area contributed by atoms with Gasteiger partial charge in [-0.3, -0.25) is 4.79 Å². The van der Waals surface area contributed by atoms with E-state index in [9.17, 15) is 4.79 Å². The van der Waals surface area contributed by atoms with Crippen LogP contribution in [0.3, 0.4) is 0 Å². The van der Waals surface area contributed by atoms with E-state index in [-0.39, 0.29) is 11.4 Å². The van der Waals surface area contributed by atoms with Crippen LogP contribution >= 0.6 is 0 Å². The van der Waals surface area contributed by atoms with E-state index in [1.165, 1.54) is 20.0 Å². The third kappa shape index (κ3) is 1.26. The summed E-state index contributed by atoms with van der Waals surface area (Å²) in [6, 6.07) is 0. The van der Waals surface area contributed by atoms with Crippen LogP contribution in [0.2, 0.25) is 0 Å². The fourth-order valence-electron chi connectivity index (χ4n) is 3.47. The second-order valence-corrected chi connectivity index (χ2v) is 4.99. The number of carbonyl (C=O) groups excluding carboxylic acids is 1. The van der Waals surface area contributed by atoms with Crippen LogP contribution in [0.4, 0.5) is 0 Å². The van der Waals surface area contributed by atoms with Crippen LogP contribution in [0.15, 0.2) is 0 Å². The molecule has 2 aliphatic carbocycles. The number of hydrogen-bond donors (Lipinski definition) is 1. The lowest BCUT2D eigenvalue weighted by Crippen LogP contribution is -2.27. The highest BCUT2D eigenvalue weighted by Gasteiger charge is 2.57. The van der Waals surface area contributed by atoms with Crippen LogP contribution in [0.1, 0.15) is 38.5 Å². The van der Waals surface area contributed by atoms with Crippen molar-refractivity contribution in [3.63, 3.8) is 0 Å². The third-order valence-corrected chi connectivity index (χ3v) is 4.27. The van der Waals surface area contributed by atoms with Crippen molar-refractivity contribution < 1.29 is 9.53 Å². The highest BCUT2D eigenvalue weighted by atomic mass is 16.5. The minimum atomic E-state index is -0.135. The maximum atomic E-state index is 11.7. The summed E-state index contributed by atoms with van der Waals surface area (Å²) < 4.78 is 4.91. The summed E-state index contributed by atoms with van der Waals surface area (Å²) in [6.07, 6.45) is 6.45. The Hall–Kier alpha value is -0.570. The number of hydrogen-bond acceptors (Lipinski definition) is 3. The first kappa shape index (κ1) is 9.97. The fraction of sp³-hybridized carbons (Fsp3) is 0.909. The van der Waals surface area contributed by atoms with Gasteiger partial charge in [-0.1, -0.05) is 0 Å². The quantitative estimate of drug-likeness (QED) is 0.697. The van der Waals surface area contributed by atoms with Gasteiger partial charge in [0.1, 0.15) is 0 Å². The molecule has 0 radical (unpaired) electrons. The molecule has 0 aromatic heterocycles.